The van der Waals surface area contributed by atoms with Gasteiger partial charge in [0.05, 0.1) is 16.3 Å². The first-order chi connectivity index (χ1) is 9.15. The van der Waals surface area contributed by atoms with Gasteiger partial charge in [0, 0.05) is 6.20 Å². The van der Waals surface area contributed by atoms with E-state index >= 15 is 0 Å². The van der Waals surface area contributed by atoms with Gasteiger partial charge in [-0.25, -0.2) is 8.78 Å². The van der Waals surface area contributed by atoms with Gasteiger partial charge in [0.25, 0.3) is 0 Å². The van der Waals surface area contributed by atoms with Crippen molar-refractivity contribution in [2.24, 2.45) is 5.73 Å². The Morgan fingerprint density at radius 3 is 2.68 bits per heavy atom. The number of pyridine rings is 1. The third-order valence-corrected chi connectivity index (χ3v) is 3.84. The number of halogens is 2. The molecule has 19 heavy (non-hydrogen) atoms. The van der Waals surface area contributed by atoms with E-state index in [0.717, 1.165) is 27.9 Å². The number of nitrogens with zero attached hydrogens (tertiary/aromatic N) is 1. The Bertz CT molecular complexity index is 739. The van der Waals surface area contributed by atoms with Gasteiger partial charge in [-0.15, -0.1) is 11.3 Å². The Morgan fingerprint density at radius 1 is 1.05 bits per heavy atom. The van der Waals surface area contributed by atoms with Gasteiger partial charge in [-0.2, -0.15) is 0 Å². The molecule has 2 aromatic heterocycles. The number of rotatable bonds is 2. The second-order valence-corrected chi connectivity index (χ2v) is 5.17. The lowest BCUT2D eigenvalue weighted by Gasteiger charge is -2.12. The van der Waals surface area contributed by atoms with Gasteiger partial charge >= 0.3 is 0 Å². The molecule has 0 saturated heterocycles. The number of hydrogen-bond acceptors (Lipinski definition) is 3. The predicted molar refractivity (Wildman–Crippen MR) is 72.0 cm³/mol. The van der Waals surface area contributed by atoms with E-state index in [0.29, 0.717) is 5.56 Å². The highest BCUT2D eigenvalue weighted by molar-refractivity contribution is 7.17. The van der Waals surface area contributed by atoms with Gasteiger partial charge in [-0.3, -0.25) is 4.98 Å². The topological polar surface area (TPSA) is 38.9 Å². The SMILES string of the molecule is NC(c1ccc(F)c(F)c1)c1cnc2ccsc2c1. The standard InChI is InChI=1S/C14H10F2N2S/c15-10-2-1-8(5-11(10)16)14(17)9-6-13-12(18-7-9)3-4-19-13/h1-7,14H,17H2. The van der Waals surface area contributed by atoms with Crippen LogP contribution in [0, 0.1) is 11.6 Å². The first-order valence-electron chi connectivity index (χ1n) is 5.69. The van der Waals surface area contributed by atoms with Crippen molar-refractivity contribution in [2.75, 3.05) is 0 Å². The minimum atomic E-state index is -0.891. The van der Waals surface area contributed by atoms with E-state index in [4.69, 9.17) is 5.73 Å². The number of benzene rings is 1. The summed E-state index contributed by atoms with van der Waals surface area (Å²) in [6.45, 7) is 0. The largest absolute Gasteiger partial charge is 0.320 e. The number of hydrogen-bond donors (Lipinski definition) is 1. The van der Waals surface area contributed by atoms with Crippen LogP contribution in [0.5, 0.6) is 0 Å². The summed E-state index contributed by atoms with van der Waals surface area (Å²) < 4.78 is 27.1. The molecule has 3 aromatic rings. The van der Waals surface area contributed by atoms with Gasteiger partial charge < -0.3 is 5.73 Å². The number of nitrogens with two attached hydrogens (primary N) is 1. The number of aromatic nitrogens is 1. The maximum absolute atomic E-state index is 13.2. The van der Waals surface area contributed by atoms with Crippen LogP contribution in [0.2, 0.25) is 0 Å². The first-order valence-corrected chi connectivity index (χ1v) is 6.57. The van der Waals surface area contributed by atoms with Crippen LogP contribution in [0.3, 0.4) is 0 Å². The fourth-order valence-electron chi connectivity index (χ4n) is 1.93. The summed E-state index contributed by atoms with van der Waals surface area (Å²) in [5.41, 5.74) is 8.28. The Kier molecular flexibility index (Phi) is 3.00. The molecule has 2 nitrogen and oxygen atoms in total. The van der Waals surface area contributed by atoms with E-state index in [1.807, 2.05) is 17.5 Å². The molecule has 0 aliphatic rings. The quantitative estimate of drug-likeness (QED) is 0.776. The molecule has 0 saturated carbocycles. The molecule has 2 heterocycles. The Labute approximate surface area is 112 Å². The zero-order chi connectivity index (χ0) is 13.4. The first kappa shape index (κ1) is 12.2. The van der Waals surface area contributed by atoms with Gasteiger partial charge in [-0.1, -0.05) is 6.07 Å². The van der Waals surface area contributed by atoms with Gasteiger partial charge in [0.1, 0.15) is 0 Å². The molecule has 1 atom stereocenters. The van der Waals surface area contributed by atoms with Crippen molar-refractivity contribution in [1.29, 1.82) is 0 Å². The van der Waals surface area contributed by atoms with E-state index in [-0.39, 0.29) is 0 Å². The lowest BCUT2D eigenvalue weighted by molar-refractivity contribution is 0.506. The summed E-state index contributed by atoms with van der Waals surface area (Å²) in [5, 5.41) is 1.95. The monoisotopic (exact) mass is 276 g/mol. The molecule has 0 spiro atoms. The molecule has 0 aliphatic carbocycles. The van der Waals surface area contributed by atoms with Crippen LogP contribution >= 0.6 is 11.3 Å². The Hall–Kier alpha value is -1.85. The summed E-state index contributed by atoms with van der Waals surface area (Å²) >= 11 is 1.57. The van der Waals surface area contributed by atoms with Crippen molar-refractivity contribution >= 4 is 21.6 Å². The number of fused-ring (bicyclic) bond motifs is 1. The van der Waals surface area contributed by atoms with Crippen LogP contribution in [-0.4, -0.2) is 4.98 Å². The Balaban J connectivity index is 2.01. The molecule has 1 aromatic carbocycles. The zero-order valence-corrected chi connectivity index (χ0v) is 10.6. The third-order valence-electron chi connectivity index (χ3n) is 2.99. The van der Waals surface area contributed by atoms with E-state index < -0.39 is 17.7 Å². The second-order valence-electron chi connectivity index (χ2n) is 4.22. The zero-order valence-electron chi connectivity index (χ0n) is 9.81. The summed E-state index contributed by atoms with van der Waals surface area (Å²) in [6.07, 6.45) is 1.67. The molecular weight excluding hydrogens is 266 g/mol. The lowest BCUT2D eigenvalue weighted by Crippen LogP contribution is -2.12. The van der Waals surface area contributed by atoms with E-state index in [1.54, 1.807) is 17.5 Å². The normalized spacial score (nSPS) is 12.8. The van der Waals surface area contributed by atoms with E-state index in [1.165, 1.54) is 6.07 Å². The Morgan fingerprint density at radius 2 is 1.89 bits per heavy atom. The third kappa shape index (κ3) is 2.22. The molecular formula is C14H10F2N2S. The van der Waals surface area contributed by atoms with Gasteiger partial charge in [-0.05, 0) is 40.8 Å². The average molecular weight is 276 g/mol. The highest BCUT2D eigenvalue weighted by Gasteiger charge is 2.13. The summed E-state index contributed by atoms with van der Waals surface area (Å²) in [4.78, 5) is 4.29. The minimum Gasteiger partial charge on any atom is -0.320 e. The van der Waals surface area contributed by atoms with Crippen LogP contribution in [0.4, 0.5) is 8.78 Å². The highest BCUT2D eigenvalue weighted by Crippen LogP contribution is 2.25. The van der Waals surface area contributed by atoms with E-state index in [9.17, 15) is 8.78 Å². The summed E-state index contributed by atoms with van der Waals surface area (Å²) in [5.74, 6) is -1.76. The van der Waals surface area contributed by atoms with Crippen molar-refractivity contribution in [3.63, 3.8) is 0 Å². The van der Waals surface area contributed by atoms with Crippen molar-refractivity contribution < 1.29 is 8.78 Å². The number of thiophene rings is 1. The summed E-state index contributed by atoms with van der Waals surface area (Å²) in [7, 11) is 0. The van der Waals surface area contributed by atoms with Gasteiger partial charge in [0.15, 0.2) is 11.6 Å². The molecule has 2 N–H and O–H groups in total. The smallest absolute Gasteiger partial charge is 0.159 e. The maximum atomic E-state index is 13.2. The van der Waals surface area contributed by atoms with Crippen LogP contribution < -0.4 is 5.73 Å². The predicted octanol–water partition coefficient (Wildman–Crippen LogP) is 3.62. The van der Waals surface area contributed by atoms with Crippen molar-refractivity contribution in [1.82, 2.24) is 4.98 Å². The average Bonchev–Trinajstić information content (AvgIpc) is 2.88. The fourth-order valence-corrected chi connectivity index (χ4v) is 2.72. The van der Waals surface area contributed by atoms with Gasteiger partial charge in [0.2, 0.25) is 0 Å². The highest BCUT2D eigenvalue weighted by atomic mass is 32.1. The molecule has 0 amide bonds. The summed E-state index contributed by atoms with van der Waals surface area (Å²) in [6, 6.07) is 7.03. The molecule has 0 bridgehead atoms. The van der Waals surface area contributed by atoms with Crippen LogP contribution in [-0.2, 0) is 0 Å². The molecule has 0 aliphatic heterocycles. The molecule has 3 rings (SSSR count). The molecule has 0 radical (unpaired) electrons. The molecule has 96 valence electrons. The fraction of sp³-hybridized carbons (Fsp3) is 0.0714. The van der Waals surface area contributed by atoms with Crippen molar-refractivity contribution in [3.8, 4) is 0 Å². The minimum absolute atomic E-state index is 0.519. The van der Waals surface area contributed by atoms with Crippen LogP contribution in [0.1, 0.15) is 17.2 Å². The van der Waals surface area contributed by atoms with E-state index in [2.05, 4.69) is 4.98 Å². The van der Waals surface area contributed by atoms with Crippen LogP contribution in [0.15, 0.2) is 41.9 Å². The second kappa shape index (κ2) is 4.68. The van der Waals surface area contributed by atoms with Crippen molar-refractivity contribution in [2.45, 2.75) is 6.04 Å². The van der Waals surface area contributed by atoms with Crippen LogP contribution in [0.25, 0.3) is 10.2 Å². The maximum Gasteiger partial charge on any atom is 0.159 e. The molecule has 5 heteroatoms. The molecule has 1 unspecified atom stereocenters. The molecule has 0 fully saturated rings. The van der Waals surface area contributed by atoms with Crippen molar-refractivity contribution in [3.05, 3.63) is 64.7 Å². The lowest BCUT2D eigenvalue weighted by atomic mass is 10.0.